The number of nitrogens with zero attached hydrogens (tertiary/aromatic N) is 2. The van der Waals surface area contributed by atoms with Crippen molar-refractivity contribution in [2.24, 2.45) is 0 Å². The highest BCUT2D eigenvalue weighted by atomic mass is 79.9. The van der Waals surface area contributed by atoms with Crippen LogP contribution in [0.1, 0.15) is 23.6 Å². The Kier molecular flexibility index (Phi) is 3.95. The summed E-state index contributed by atoms with van der Waals surface area (Å²) in [5, 5.41) is 0. The van der Waals surface area contributed by atoms with Crippen molar-refractivity contribution in [1.82, 2.24) is 9.88 Å². The van der Waals surface area contributed by atoms with E-state index in [0.29, 0.717) is 5.92 Å². The van der Waals surface area contributed by atoms with Crippen molar-refractivity contribution in [1.29, 1.82) is 0 Å². The summed E-state index contributed by atoms with van der Waals surface area (Å²) in [5.74, 6) is 0.571. The van der Waals surface area contributed by atoms with E-state index in [9.17, 15) is 0 Å². The molecule has 1 saturated heterocycles. The normalized spacial score (nSPS) is 19.7. The molecule has 2 nitrogen and oxygen atoms in total. The highest BCUT2D eigenvalue weighted by Crippen LogP contribution is 2.28. The SMILES string of the molecule is Brc1ccnc(C2CCN(Cc3ccccc3)C2)c1. The molecular formula is C16H17BrN2. The van der Waals surface area contributed by atoms with Crippen LogP contribution in [0.5, 0.6) is 0 Å². The molecule has 1 aliphatic rings. The van der Waals surface area contributed by atoms with E-state index >= 15 is 0 Å². The monoisotopic (exact) mass is 316 g/mol. The predicted octanol–water partition coefficient (Wildman–Crippen LogP) is 3.83. The van der Waals surface area contributed by atoms with E-state index in [1.54, 1.807) is 0 Å². The number of hydrogen-bond acceptors (Lipinski definition) is 2. The molecule has 0 N–H and O–H groups in total. The molecule has 2 aromatic rings. The Balaban J connectivity index is 1.64. The number of benzene rings is 1. The second-order valence-electron chi connectivity index (χ2n) is 5.11. The molecule has 0 bridgehead atoms. The molecular weight excluding hydrogens is 300 g/mol. The Hall–Kier alpha value is -1.19. The van der Waals surface area contributed by atoms with Crippen LogP contribution in [0.3, 0.4) is 0 Å². The fraction of sp³-hybridized carbons (Fsp3) is 0.312. The topological polar surface area (TPSA) is 16.1 Å². The number of pyridine rings is 1. The molecule has 0 saturated carbocycles. The van der Waals surface area contributed by atoms with E-state index in [1.165, 1.54) is 17.7 Å². The van der Waals surface area contributed by atoms with E-state index in [1.807, 2.05) is 12.3 Å². The summed E-state index contributed by atoms with van der Waals surface area (Å²) in [7, 11) is 0. The molecule has 1 aliphatic heterocycles. The van der Waals surface area contributed by atoms with Crippen molar-refractivity contribution in [2.45, 2.75) is 18.9 Å². The maximum atomic E-state index is 4.51. The van der Waals surface area contributed by atoms with Gasteiger partial charge in [0.2, 0.25) is 0 Å². The van der Waals surface area contributed by atoms with E-state index in [-0.39, 0.29) is 0 Å². The average Bonchev–Trinajstić information content (AvgIpc) is 2.88. The van der Waals surface area contributed by atoms with Crippen LogP contribution in [0.2, 0.25) is 0 Å². The van der Waals surface area contributed by atoms with Gasteiger partial charge in [0.15, 0.2) is 0 Å². The Morgan fingerprint density at radius 2 is 2.05 bits per heavy atom. The van der Waals surface area contributed by atoms with Gasteiger partial charge >= 0.3 is 0 Å². The summed E-state index contributed by atoms with van der Waals surface area (Å²) < 4.78 is 1.12. The summed E-state index contributed by atoms with van der Waals surface area (Å²) in [6.07, 6.45) is 3.09. The lowest BCUT2D eigenvalue weighted by Crippen LogP contribution is -2.19. The van der Waals surface area contributed by atoms with Crippen LogP contribution >= 0.6 is 15.9 Å². The van der Waals surface area contributed by atoms with Gasteiger partial charge in [0.1, 0.15) is 0 Å². The van der Waals surface area contributed by atoms with Gasteiger partial charge in [0.25, 0.3) is 0 Å². The Bertz CT molecular complexity index is 541. The first-order valence-electron chi connectivity index (χ1n) is 6.69. The molecule has 3 rings (SSSR count). The van der Waals surface area contributed by atoms with Crippen LogP contribution in [0.25, 0.3) is 0 Å². The number of aromatic nitrogens is 1. The first-order chi connectivity index (χ1) is 9.31. The fourth-order valence-corrected chi connectivity index (χ4v) is 3.06. The Morgan fingerprint density at radius 3 is 2.84 bits per heavy atom. The van der Waals surface area contributed by atoms with Crippen LogP contribution in [0, 0.1) is 0 Å². The first kappa shape index (κ1) is 12.8. The van der Waals surface area contributed by atoms with Crippen molar-refractivity contribution >= 4 is 15.9 Å². The van der Waals surface area contributed by atoms with Crippen LogP contribution in [0.4, 0.5) is 0 Å². The molecule has 2 heterocycles. The Labute approximate surface area is 122 Å². The van der Waals surface area contributed by atoms with Crippen LogP contribution in [0.15, 0.2) is 53.1 Å². The van der Waals surface area contributed by atoms with Gasteiger partial charge < -0.3 is 0 Å². The molecule has 1 unspecified atom stereocenters. The number of halogens is 1. The van der Waals surface area contributed by atoms with Crippen molar-refractivity contribution in [3.05, 3.63) is 64.4 Å². The second kappa shape index (κ2) is 5.85. The zero-order valence-corrected chi connectivity index (χ0v) is 12.4. The molecule has 3 heteroatoms. The fourth-order valence-electron chi connectivity index (χ4n) is 2.70. The molecule has 0 amide bonds. The largest absolute Gasteiger partial charge is 0.298 e. The highest BCUT2D eigenvalue weighted by Gasteiger charge is 2.24. The molecule has 1 fully saturated rings. The standard InChI is InChI=1S/C16H17BrN2/c17-15-6-8-18-16(10-15)14-7-9-19(12-14)11-13-4-2-1-3-5-13/h1-6,8,10,14H,7,9,11-12H2. The lowest BCUT2D eigenvalue weighted by atomic mass is 10.0. The van der Waals surface area contributed by atoms with Crippen molar-refractivity contribution in [3.63, 3.8) is 0 Å². The summed E-state index contributed by atoms with van der Waals surface area (Å²) in [6, 6.07) is 14.8. The molecule has 0 spiro atoms. The highest BCUT2D eigenvalue weighted by molar-refractivity contribution is 9.10. The van der Waals surface area contributed by atoms with E-state index in [0.717, 1.165) is 24.1 Å². The summed E-state index contributed by atoms with van der Waals surface area (Å²) >= 11 is 3.52. The average molecular weight is 317 g/mol. The van der Waals surface area contributed by atoms with E-state index in [2.05, 4.69) is 62.2 Å². The minimum Gasteiger partial charge on any atom is -0.298 e. The third-order valence-corrected chi connectivity index (χ3v) is 4.18. The molecule has 1 aromatic carbocycles. The van der Waals surface area contributed by atoms with E-state index in [4.69, 9.17) is 0 Å². The summed E-state index contributed by atoms with van der Waals surface area (Å²) in [4.78, 5) is 7.02. The van der Waals surface area contributed by atoms with Gasteiger partial charge in [0.05, 0.1) is 0 Å². The van der Waals surface area contributed by atoms with Gasteiger partial charge in [0, 0.05) is 35.4 Å². The summed E-state index contributed by atoms with van der Waals surface area (Å²) in [6.45, 7) is 3.32. The molecule has 19 heavy (non-hydrogen) atoms. The van der Waals surface area contributed by atoms with E-state index < -0.39 is 0 Å². The Morgan fingerprint density at radius 1 is 1.21 bits per heavy atom. The van der Waals surface area contributed by atoms with Crippen LogP contribution in [-0.2, 0) is 6.54 Å². The van der Waals surface area contributed by atoms with Crippen molar-refractivity contribution in [2.75, 3.05) is 13.1 Å². The molecule has 98 valence electrons. The van der Waals surface area contributed by atoms with Gasteiger partial charge in [-0.05, 0) is 30.7 Å². The quantitative estimate of drug-likeness (QED) is 0.855. The van der Waals surface area contributed by atoms with Gasteiger partial charge in [-0.1, -0.05) is 46.3 Å². The van der Waals surface area contributed by atoms with Crippen molar-refractivity contribution < 1.29 is 0 Å². The number of hydrogen-bond donors (Lipinski definition) is 0. The first-order valence-corrected chi connectivity index (χ1v) is 7.48. The smallest absolute Gasteiger partial charge is 0.0459 e. The third-order valence-electron chi connectivity index (χ3n) is 3.68. The zero-order valence-electron chi connectivity index (χ0n) is 10.8. The zero-order chi connectivity index (χ0) is 13.1. The lowest BCUT2D eigenvalue weighted by Gasteiger charge is -2.16. The maximum Gasteiger partial charge on any atom is 0.0459 e. The second-order valence-corrected chi connectivity index (χ2v) is 6.02. The van der Waals surface area contributed by atoms with Crippen LogP contribution in [-0.4, -0.2) is 23.0 Å². The third kappa shape index (κ3) is 3.23. The predicted molar refractivity (Wildman–Crippen MR) is 81.0 cm³/mol. The molecule has 0 radical (unpaired) electrons. The summed E-state index contributed by atoms with van der Waals surface area (Å²) in [5.41, 5.74) is 2.61. The molecule has 1 atom stereocenters. The van der Waals surface area contributed by atoms with Crippen molar-refractivity contribution in [3.8, 4) is 0 Å². The minimum atomic E-state index is 0.571. The van der Waals surface area contributed by atoms with Crippen LogP contribution < -0.4 is 0 Å². The molecule has 0 aliphatic carbocycles. The van der Waals surface area contributed by atoms with Gasteiger partial charge in [-0.15, -0.1) is 0 Å². The lowest BCUT2D eigenvalue weighted by molar-refractivity contribution is 0.326. The number of likely N-dealkylation sites (tertiary alicyclic amines) is 1. The maximum absolute atomic E-state index is 4.51. The number of rotatable bonds is 3. The molecule has 1 aromatic heterocycles. The minimum absolute atomic E-state index is 0.571. The van der Waals surface area contributed by atoms with Gasteiger partial charge in [-0.2, -0.15) is 0 Å². The van der Waals surface area contributed by atoms with Gasteiger partial charge in [-0.25, -0.2) is 0 Å². The van der Waals surface area contributed by atoms with Gasteiger partial charge in [-0.3, -0.25) is 9.88 Å².